The van der Waals surface area contributed by atoms with E-state index in [1.54, 1.807) is 0 Å². The summed E-state index contributed by atoms with van der Waals surface area (Å²) in [6.07, 6.45) is 0. The summed E-state index contributed by atoms with van der Waals surface area (Å²) in [4.78, 5) is 2.16. The van der Waals surface area contributed by atoms with Gasteiger partial charge in [-0.2, -0.15) is 0 Å². The molecule has 0 aliphatic carbocycles. The molecule has 0 atom stereocenters. The highest BCUT2D eigenvalue weighted by atomic mass is 35.5. The molecule has 0 fully saturated rings. The lowest BCUT2D eigenvalue weighted by atomic mass is 10.2. The molecule has 1 aromatic rings. The predicted molar refractivity (Wildman–Crippen MR) is 71.6 cm³/mol. The Morgan fingerprint density at radius 1 is 1.19 bits per heavy atom. The fraction of sp³-hybridized carbons (Fsp3) is 0.500. The number of likely N-dealkylation sites (N-methyl/N-ethyl adjacent to an activating group) is 1. The second kappa shape index (κ2) is 9.91. The van der Waals surface area contributed by atoms with Crippen LogP contribution in [-0.4, -0.2) is 37.5 Å². The molecule has 0 spiro atoms. The van der Waals surface area contributed by atoms with E-state index in [0.717, 1.165) is 19.7 Å². The van der Waals surface area contributed by atoms with Gasteiger partial charge in [0.15, 0.2) is 0 Å². The topological polar surface area (TPSA) is 12.5 Å². The minimum atomic E-state index is 0. The summed E-state index contributed by atoms with van der Waals surface area (Å²) in [6, 6.07) is 10.2. The van der Waals surface area contributed by atoms with Crippen LogP contribution < -0.4 is 0 Å². The number of hydrogen-bond donors (Lipinski definition) is 0. The zero-order valence-corrected chi connectivity index (χ0v) is 11.1. The Labute approximate surface area is 109 Å². The van der Waals surface area contributed by atoms with Gasteiger partial charge in [0, 0.05) is 19.0 Å². The Kier molecular flexibility index (Phi) is 9.74. The van der Waals surface area contributed by atoms with Crippen molar-refractivity contribution in [2.24, 2.45) is 0 Å². The molecule has 0 saturated heterocycles. The number of hydrogen-bond acceptors (Lipinski definition) is 2. The second-order valence-corrected chi connectivity index (χ2v) is 3.91. The minimum absolute atomic E-state index is 0. The van der Waals surface area contributed by atoms with Crippen LogP contribution in [0.5, 0.6) is 0 Å². The number of alkyl halides is 1. The normalized spacial score (nSPS) is 10.2. The van der Waals surface area contributed by atoms with Gasteiger partial charge in [-0.05, 0) is 12.6 Å². The van der Waals surface area contributed by atoms with Crippen molar-refractivity contribution in [2.45, 2.75) is 6.61 Å². The molecule has 0 N–H and O–H groups in total. The summed E-state index contributed by atoms with van der Waals surface area (Å²) < 4.78 is 5.55. The predicted octanol–water partition coefficient (Wildman–Crippen LogP) is 2.80. The zero-order chi connectivity index (χ0) is 10.9. The molecule has 1 aromatic carbocycles. The van der Waals surface area contributed by atoms with E-state index in [9.17, 15) is 0 Å². The highest BCUT2D eigenvalue weighted by molar-refractivity contribution is 6.18. The summed E-state index contributed by atoms with van der Waals surface area (Å²) in [5.74, 6) is 0.676. The first-order valence-electron chi connectivity index (χ1n) is 5.19. The third kappa shape index (κ3) is 7.07. The SMILES string of the molecule is CN(CCCl)CCOCc1ccccc1.Cl. The highest BCUT2D eigenvalue weighted by Gasteiger charge is 1.96. The zero-order valence-electron chi connectivity index (χ0n) is 9.56. The van der Waals surface area contributed by atoms with Crippen LogP contribution in [0.1, 0.15) is 5.56 Å². The second-order valence-electron chi connectivity index (χ2n) is 3.53. The van der Waals surface area contributed by atoms with Gasteiger partial charge in [-0.1, -0.05) is 30.3 Å². The first kappa shape index (κ1) is 15.7. The van der Waals surface area contributed by atoms with Gasteiger partial charge in [-0.15, -0.1) is 24.0 Å². The number of ether oxygens (including phenoxy) is 1. The fourth-order valence-corrected chi connectivity index (χ4v) is 1.53. The van der Waals surface area contributed by atoms with Crippen LogP contribution in [0, 0.1) is 0 Å². The van der Waals surface area contributed by atoms with Crippen molar-refractivity contribution in [2.75, 3.05) is 32.6 Å². The molecule has 2 nitrogen and oxygen atoms in total. The van der Waals surface area contributed by atoms with Crippen molar-refractivity contribution >= 4 is 24.0 Å². The largest absolute Gasteiger partial charge is 0.375 e. The first-order chi connectivity index (χ1) is 7.33. The van der Waals surface area contributed by atoms with Crippen LogP contribution in [0.2, 0.25) is 0 Å². The maximum absolute atomic E-state index is 5.62. The molecule has 1 rings (SSSR count). The molecule has 92 valence electrons. The smallest absolute Gasteiger partial charge is 0.0717 e. The van der Waals surface area contributed by atoms with Gasteiger partial charge in [-0.3, -0.25) is 0 Å². The van der Waals surface area contributed by atoms with Crippen molar-refractivity contribution in [3.05, 3.63) is 35.9 Å². The van der Waals surface area contributed by atoms with Gasteiger partial charge >= 0.3 is 0 Å². The molecule has 0 amide bonds. The van der Waals surface area contributed by atoms with Crippen molar-refractivity contribution in [1.82, 2.24) is 4.90 Å². The number of benzene rings is 1. The van der Waals surface area contributed by atoms with E-state index in [-0.39, 0.29) is 12.4 Å². The molecule has 0 unspecified atom stereocenters. The van der Waals surface area contributed by atoms with Crippen LogP contribution in [0.4, 0.5) is 0 Å². The highest BCUT2D eigenvalue weighted by Crippen LogP contribution is 2.00. The lowest BCUT2D eigenvalue weighted by Gasteiger charge is -2.14. The van der Waals surface area contributed by atoms with Crippen LogP contribution in [0.25, 0.3) is 0 Å². The van der Waals surface area contributed by atoms with E-state index < -0.39 is 0 Å². The minimum Gasteiger partial charge on any atom is -0.375 e. The van der Waals surface area contributed by atoms with E-state index in [0.29, 0.717) is 12.5 Å². The lowest BCUT2D eigenvalue weighted by molar-refractivity contribution is 0.101. The molecule has 0 aromatic heterocycles. The summed E-state index contributed by atoms with van der Waals surface area (Å²) >= 11 is 5.62. The van der Waals surface area contributed by atoms with E-state index in [2.05, 4.69) is 17.0 Å². The average molecular weight is 264 g/mol. The molecule has 0 aliphatic rings. The number of rotatable bonds is 7. The van der Waals surface area contributed by atoms with E-state index in [1.807, 2.05) is 25.2 Å². The Morgan fingerprint density at radius 2 is 1.88 bits per heavy atom. The van der Waals surface area contributed by atoms with Gasteiger partial charge in [0.25, 0.3) is 0 Å². The first-order valence-corrected chi connectivity index (χ1v) is 5.72. The van der Waals surface area contributed by atoms with Crippen molar-refractivity contribution in [1.29, 1.82) is 0 Å². The molecule has 16 heavy (non-hydrogen) atoms. The monoisotopic (exact) mass is 263 g/mol. The maximum Gasteiger partial charge on any atom is 0.0717 e. The molecule has 0 bridgehead atoms. The number of halogens is 2. The molecule has 4 heteroatoms. The standard InChI is InChI=1S/C12H18ClNO.ClH/c1-14(8-7-13)9-10-15-11-12-5-3-2-4-6-12;/h2-6H,7-11H2,1H3;1H. The summed E-state index contributed by atoms with van der Waals surface area (Å²) in [5.41, 5.74) is 1.22. The molecule has 0 radical (unpaired) electrons. The van der Waals surface area contributed by atoms with E-state index in [4.69, 9.17) is 16.3 Å². The number of nitrogens with zero attached hydrogens (tertiary/aromatic N) is 1. The lowest BCUT2D eigenvalue weighted by Crippen LogP contribution is -2.25. The van der Waals surface area contributed by atoms with Gasteiger partial charge in [0.2, 0.25) is 0 Å². The summed E-state index contributed by atoms with van der Waals surface area (Å²) in [5, 5.41) is 0. The average Bonchev–Trinajstić information content (AvgIpc) is 2.26. The van der Waals surface area contributed by atoms with Gasteiger partial charge in [-0.25, -0.2) is 0 Å². The Morgan fingerprint density at radius 3 is 2.50 bits per heavy atom. The van der Waals surface area contributed by atoms with Crippen LogP contribution >= 0.6 is 24.0 Å². The van der Waals surface area contributed by atoms with E-state index in [1.165, 1.54) is 5.56 Å². The Balaban J connectivity index is 0.00000225. The van der Waals surface area contributed by atoms with E-state index >= 15 is 0 Å². The third-order valence-electron chi connectivity index (χ3n) is 2.20. The molecule has 0 saturated carbocycles. The van der Waals surface area contributed by atoms with Gasteiger partial charge in [0.1, 0.15) is 0 Å². The van der Waals surface area contributed by atoms with Crippen molar-refractivity contribution in [3.8, 4) is 0 Å². The molecular formula is C12H19Cl2NO. The molecule has 0 heterocycles. The van der Waals surface area contributed by atoms with Crippen LogP contribution in [0.15, 0.2) is 30.3 Å². The van der Waals surface area contributed by atoms with Crippen molar-refractivity contribution in [3.63, 3.8) is 0 Å². The van der Waals surface area contributed by atoms with Crippen LogP contribution in [-0.2, 0) is 11.3 Å². The summed E-state index contributed by atoms with van der Waals surface area (Å²) in [7, 11) is 2.05. The Bertz CT molecular complexity index is 256. The maximum atomic E-state index is 5.62. The van der Waals surface area contributed by atoms with Crippen LogP contribution in [0.3, 0.4) is 0 Å². The van der Waals surface area contributed by atoms with Crippen molar-refractivity contribution < 1.29 is 4.74 Å². The fourth-order valence-electron chi connectivity index (χ4n) is 1.24. The summed E-state index contributed by atoms with van der Waals surface area (Å²) in [6.45, 7) is 3.29. The van der Waals surface area contributed by atoms with Gasteiger partial charge in [0.05, 0.1) is 13.2 Å². The Hall–Kier alpha value is -0.280. The molecular weight excluding hydrogens is 245 g/mol. The molecule has 0 aliphatic heterocycles. The van der Waals surface area contributed by atoms with Gasteiger partial charge < -0.3 is 9.64 Å². The quantitative estimate of drug-likeness (QED) is 0.554. The third-order valence-corrected chi connectivity index (χ3v) is 2.36.